The van der Waals surface area contributed by atoms with Crippen molar-refractivity contribution >= 4 is 40.2 Å². The number of thiophene rings is 1. The van der Waals surface area contributed by atoms with E-state index < -0.39 is 0 Å². The Morgan fingerprint density at radius 2 is 2.53 bits per heavy atom. The zero-order chi connectivity index (χ0) is 10.5. The van der Waals surface area contributed by atoms with Crippen molar-refractivity contribution in [1.29, 1.82) is 0 Å². The lowest BCUT2D eigenvalue weighted by Crippen LogP contribution is -2.25. The molecule has 1 aromatic heterocycles. The Morgan fingerprint density at radius 1 is 1.60 bits per heavy atom. The molecule has 0 atom stereocenters. The van der Waals surface area contributed by atoms with Crippen molar-refractivity contribution < 1.29 is 4.79 Å². The SMILES string of the molecule is O=C(C=Cc1cccs1)NC1=NCCS1. The van der Waals surface area contributed by atoms with E-state index in [0.717, 1.165) is 22.3 Å². The van der Waals surface area contributed by atoms with Crippen molar-refractivity contribution in [3.63, 3.8) is 0 Å². The van der Waals surface area contributed by atoms with E-state index >= 15 is 0 Å². The van der Waals surface area contributed by atoms with Crippen LogP contribution in [0.5, 0.6) is 0 Å². The third kappa shape index (κ3) is 3.21. The number of amides is 1. The molecule has 0 aliphatic carbocycles. The summed E-state index contributed by atoms with van der Waals surface area (Å²) >= 11 is 3.19. The Bertz CT molecular complexity index is 396. The third-order valence-electron chi connectivity index (χ3n) is 1.76. The molecule has 3 nitrogen and oxygen atoms in total. The van der Waals surface area contributed by atoms with Gasteiger partial charge in [-0.2, -0.15) is 0 Å². The van der Waals surface area contributed by atoms with Crippen molar-refractivity contribution in [2.24, 2.45) is 4.99 Å². The molecule has 2 rings (SSSR count). The molecule has 1 aromatic rings. The minimum Gasteiger partial charge on any atom is -0.302 e. The first-order valence-electron chi connectivity index (χ1n) is 4.54. The second-order valence-electron chi connectivity index (χ2n) is 2.87. The number of carbonyl (C=O) groups excluding carboxylic acids is 1. The number of rotatable bonds is 2. The van der Waals surface area contributed by atoms with E-state index in [4.69, 9.17) is 0 Å². The molecule has 0 unspecified atom stereocenters. The fourth-order valence-corrected chi connectivity index (χ4v) is 2.45. The highest BCUT2D eigenvalue weighted by atomic mass is 32.2. The fraction of sp³-hybridized carbons (Fsp3) is 0.200. The molecule has 5 heteroatoms. The molecule has 0 aromatic carbocycles. The predicted molar refractivity (Wildman–Crippen MR) is 66.3 cm³/mol. The molecular formula is C10H10N2OS2. The lowest BCUT2D eigenvalue weighted by atomic mass is 10.4. The smallest absolute Gasteiger partial charge is 0.249 e. The number of nitrogens with one attached hydrogen (secondary N) is 1. The Labute approximate surface area is 96.3 Å². The molecule has 78 valence electrons. The lowest BCUT2D eigenvalue weighted by molar-refractivity contribution is -0.115. The highest BCUT2D eigenvalue weighted by Gasteiger charge is 2.08. The Kier molecular flexibility index (Phi) is 3.58. The summed E-state index contributed by atoms with van der Waals surface area (Å²) in [7, 11) is 0. The second kappa shape index (κ2) is 5.14. The van der Waals surface area contributed by atoms with Crippen LogP contribution in [0.15, 0.2) is 28.6 Å². The van der Waals surface area contributed by atoms with Gasteiger partial charge in [0.05, 0.1) is 6.54 Å². The minimum absolute atomic E-state index is 0.114. The van der Waals surface area contributed by atoms with Gasteiger partial charge in [0.1, 0.15) is 0 Å². The maximum absolute atomic E-state index is 11.4. The normalized spacial score (nSPS) is 15.6. The van der Waals surface area contributed by atoms with Crippen molar-refractivity contribution in [2.45, 2.75) is 0 Å². The summed E-state index contributed by atoms with van der Waals surface area (Å²) in [5.41, 5.74) is 0. The zero-order valence-electron chi connectivity index (χ0n) is 7.97. The molecule has 0 bridgehead atoms. The minimum atomic E-state index is -0.114. The molecule has 1 N–H and O–H groups in total. The number of thioether (sulfide) groups is 1. The van der Waals surface area contributed by atoms with E-state index in [1.807, 2.05) is 17.5 Å². The van der Waals surface area contributed by atoms with Crippen molar-refractivity contribution in [3.8, 4) is 0 Å². The molecule has 1 aliphatic rings. The van der Waals surface area contributed by atoms with E-state index in [1.165, 1.54) is 6.08 Å². The molecule has 0 saturated heterocycles. The molecular weight excluding hydrogens is 228 g/mol. The summed E-state index contributed by atoms with van der Waals surface area (Å²) in [6.45, 7) is 0.801. The number of nitrogens with zero attached hydrogens (tertiary/aromatic N) is 1. The van der Waals surface area contributed by atoms with Crippen LogP contribution >= 0.6 is 23.1 Å². The van der Waals surface area contributed by atoms with Crippen LogP contribution in [0.4, 0.5) is 0 Å². The van der Waals surface area contributed by atoms with Crippen LogP contribution in [0.1, 0.15) is 4.88 Å². The molecule has 0 fully saturated rings. The van der Waals surface area contributed by atoms with E-state index in [2.05, 4.69) is 10.3 Å². The number of hydrogen-bond acceptors (Lipinski definition) is 4. The number of hydrogen-bond donors (Lipinski definition) is 1. The van der Waals surface area contributed by atoms with Crippen LogP contribution in [0.25, 0.3) is 6.08 Å². The van der Waals surface area contributed by atoms with Gasteiger partial charge in [-0.15, -0.1) is 11.3 Å². The van der Waals surface area contributed by atoms with Crippen LogP contribution in [-0.4, -0.2) is 23.4 Å². The van der Waals surface area contributed by atoms with Crippen LogP contribution in [0.2, 0.25) is 0 Å². The Hall–Kier alpha value is -1.07. The van der Waals surface area contributed by atoms with Gasteiger partial charge in [0, 0.05) is 16.7 Å². The van der Waals surface area contributed by atoms with E-state index in [-0.39, 0.29) is 5.91 Å². The fourth-order valence-electron chi connectivity index (χ4n) is 1.10. The second-order valence-corrected chi connectivity index (χ2v) is 4.94. The van der Waals surface area contributed by atoms with Gasteiger partial charge >= 0.3 is 0 Å². The monoisotopic (exact) mass is 238 g/mol. The molecule has 2 heterocycles. The lowest BCUT2D eigenvalue weighted by Gasteiger charge is -1.97. The number of carbonyl (C=O) groups is 1. The van der Waals surface area contributed by atoms with Crippen LogP contribution in [-0.2, 0) is 4.79 Å². The van der Waals surface area contributed by atoms with Gasteiger partial charge in [0.2, 0.25) is 5.91 Å². The Morgan fingerprint density at radius 3 is 3.20 bits per heavy atom. The summed E-state index contributed by atoms with van der Waals surface area (Å²) in [6.07, 6.45) is 3.34. The maximum atomic E-state index is 11.4. The molecule has 1 amide bonds. The first-order chi connectivity index (χ1) is 7.34. The van der Waals surface area contributed by atoms with Crippen LogP contribution in [0, 0.1) is 0 Å². The predicted octanol–water partition coefficient (Wildman–Crippen LogP) is 1.98. The third-order valence-corrected chi connectivity index (χ3v) is 3.49. The quantitative estimate of drug-likeness (QED) is 0.800. The van der Waals surface area contributed by atoms with Gasteiger partial charge in [0.25, 0.3) is 0 Å². The van der Waals surface area contributed by atoms with E-state index in [1.54, 1.807) is 29.2 Å². The molecule has 0 spiro atoms. The highest BCUT2D eigenvalue weighted by molar-refractivity contribution is 8.14. The summed E-state index contributed by atoms with van der Waals surface area (Å²) in [5, 5.41) is 5.45. The van der Waals surface area contributed by atoms with Gasteiger partial charge in [-0.3, -0.25) is 9.79 Å². The largest absolute Gasteiger partial charge is 0.302 e. The first-order valence-corrected chi connectivity index (χ1v) is 6.41. The zero-order valence-corrected chi connectivity index (χ0v) is 9.61. The van der Waals surface area contributed by atoms with Gasteiger partial charge in [-0.1, -0.05) is 17.8 Å². The van der Waals surface area contributed by atoms with Gasteiger partial charge < -0.3 is 5.32 Å². The first kappa shape index (κ1) is 10.4. The van der Waals surface area contributed by atoms with Crippen molar-refractivity contribution in [3.05, 3.63) is 28.5 Å². The standard InChI is InChI=1S/C10H10N2OS2/c13-9(12-10-11-5-7-15-10)4-3-8-2-1-6-14-8/h1-4,6H,5,7H2,(H,11,12,13). The van der Waals surface area contributed by atoms with E-state index in [0.29, 0.717) is 0 Å². The maximum Gasteiger partial charge on any atom is 0.249 e. The van der Waals surface area contributed by atoms with Gasteiger partial charge in [0.15, 0.2) is 5.17 Å². The van der Waals surface area contributed by atoms with Gasteiger partial charge in [-0.05, 0) is 17.5 Å². The number of amidine groups is 1. The van der Waals surface area contributed by atoms with Crippen molar-refractivity contribution in [1.82, 2.24) is 5.32 Å². The molecule has 15 heavy (non-hydrogen) atoms. The van der Waals surface area contributed by atoms with Crippen LogP contribution < -0.4 is 5.32 Å². The van der Waals surface area contributed by atoms with Crippen molar-refractivity contribution in [2.75, 3.05) is 12.3 Å². The summed E-state index contributed by atoms with van der Waals surface area (Å²) in [5.74, 6) is 0.848. The molecule has 0 radical (unpaired) electrons. The highest BCUT2D eigenvalue weighted by Crippen LogP contribution is 2.11. The summed E-state index contributed by atoms with van der Waals surface area (Å²) < 4.78 is 0. The average molecular weight is 238 g/mol. The number of aliphatic imine (C=N–C) groups is 1. The summed E-state index contributed by atoms with van der Waals surface area (Å²) in [4.78, 5) is 16.6. The Balaban J connectivity index is 1.87. The van der Waals surface area contributed by atoms with Crippen LogP contribution in [0.3, 0.4) is 0 Å². The van der Waals surface area contributed by atoms with Gasteiger partial charge in [-0.25, -0.2) is 0 Å². The molecule has 0 saturated carbocycles. The average Bonchev–Trinajstić information content (AvgIpc) is 2.86. The summed E-state index contributed by atoms with van der Waals surface area (Å²) in [6, 6.07) is 3.93. The topological polar surface area (TPSA) is 41.5 Å². The molecule has 1 aliphatic heterocycles. The van der Waals surface area contributed by atoms with E-state index in [9.17, 15) is 4.79 Å².